The van der Waals surface area contributed by atoms with E-state index in [-0.39, 0.29) is 22.9 Å². The summed E-state index contributed by atoms with van der Waals surface area (Å²) >= 11 is 0. The Labute approximate surface area is 218 Å². The predicted molar refractivity (Wildman–Crippen MR) is 144 cm³/mol. The molecule has 1 aliphatic rings. The van der Waals surface area contributed by atoms with E-state index in [0.717, 1.165) is 16.7 Å². The molecule has 6 nitrogen and oxygen atoms in total. The van der Waals surface area contributed by atoms with Crippen molar-refractivity contribution < 1.29 is 28.2 Å². The quantitative estimate of drug-likeness (QED) is 0.143. The lowest BCUT2D eigenvalue weighted by Crippen LogP contribution is -2.09. The fourth-order valence-electron chi connectivity index (χ4n) is 4.40. The summed E-state index contributed by atoms with van der Waals surface area (Å²) in [7, 11) is 1.56. The number of fused-ring (bicyclic) bond motifs is 2. The van der Waals surface area contributed by atoms with E-state index in [2.05, 4.69) is 0 Å². The Bertz CT molecular complexity index is 1730. The average Bonchev–Trinajstić information content (AvgIpc) is 3.47. The van der Waals surface area contributed by atoms with Gasteiger partial charge in [-0.05, 0) is 48.9 Å². The van der Waals surface area contributed by atoms with Crippen LogP contribution in [0.5, 0.6) is 17.2 Å². The number of allylic oxidation sites excluding steroid dienone is 1. The van der Waals surface area contributed by atoms with E-state index in [1.807, 2.05) is 61.5 Å². The van der Waals surface area contributed by atoms with E-state index in [1.54, 1.807) is 49.6 Å². The Morgan fingerprint density at radius 1 is 0.868 bits per heavy atom. The third-order valence-electron chi connectivity index (χ3n) is 6.36. The number of hydrogen-bond donors (Lipinski definition) is 0. The maximum Gasteiger partial charge on any atom is 0.348 e. The first kappa shape index (κ1) is 23.3. The van der Waals surface area contributed by atoms with E-state index < -0.39 is 5.97 Å². The second kappa shape index (κ2) is 9.41. The molecule has 0 aliphatic carbocycles. The molecule has 0 radical (unpaired) electrons. The van der Waals surface area contributed by atoms with Crippen molar-refractivity contribution >= 4 is 28.8 Å². The molecule has 186 valence electrons. The zero-order chi connectivity index (χ0) is 26.2. The maximum absolute atomic E-state index is 13.5. The molecule has 38 heavy (non-hydrogen) atoms. The zero-order valence-corrected chi connectivity index (χ0v) is 20.7. The Hall–Kier alpha value is -5.10. The first-order valence-corrected chi connectivity index (χ1v) is 12.0. The first-order valence-electron chi connectivity index (χ1n) is 12.0. The fraction of sp³-hybridized carbons (Fsp3) is 0.0625. The Kier molecular flexibility index (Phi) is 5.77. The zero-order valence-electron chi connectivity index (χ0n) is 20.7. The second-order valence-electron chi connectivity index (χ2n) is 8.93. The summed E-state index contributed by atoms with van der Waals surface area (Å²) in [6, 6.07) is 27.1. The summed E-state index contributed by atoms with van der Waals surface area (Å²) in [5.74, 6) is 0.953. The lowest BCUT2D eigenvalue weighted by atomic mass is 10.1. The minimum Gasteiger partial charge on any atom is -0.497 e. The van der Waals surface area contributed by atoms with Crippen LogP contribution in [0.4, 0.5) is 0 Å². The number of ether oxygens (including phenoxy) is 3. The van der Waals surface area contributed by atoms with Crippen LogP contribution in [0.3, 0.4) is 0 Å². The molecule has 4 aromatic carbocycles. The summed E-state index contributed by atoms with van der Waals surface area (Å²) in [5.41, 5.74) is 3.94. The highest BCUT2D eigenvalue weighted by Crippen LogP contribution is 2.38. The van der Waals surface area contributed by atoms with Crippen molar-refractivity contribution in [1.82, 2.24) is 0 Å². The van der Waals surface area contributed by atoms with Crippen LogP contribution in [-0.4, -0.2) is 18.9 Å². The topological polar surface area (TPSA) is 75.0 Å². The van der Waals surface area contributed by atoms with E-state index >= 15 is 0 Å². The minimum atomic E-state index is -0.601. The molecule has 0 amide bonds. The number of carbonyl (C=O) groups is 2. The summed E-state index contributed by atoms with van der Waals surface area (Å²) in [6.07, 6.45) is 1.70. The van der Waals surface area contributed by atoms with Crippen LogP contribution in [-0.2, 0) is 0 Å². The van der Waals surface area contributed by atoms with Crippen molar-refractivity contribution in [2.75, 3.05) is 7.11 Å². The van der Waals surface area contributed by atoms with Crippen molar-refractivity contribution in [2.24, 2.45) is 0 Å². The molecule has 0 fully saturated rings. The monoisotopic (exact) mass is 502 g/mol. The van der Waals surface area contributed by atoms with Crippen molar-refractivity contribution in [3.05, 3.63) is 119 Å². The second-order valence-corrected chi connectivity index (χ2v) is 8.93. The predicted octanol–water partition coefficient (Wildman–Crippen LogP) is 7.25. The van der Waals surface area contributed by atoms with Crippen LogP contribution in [0.1, 0.15) is 31.8 Å². The van der Waals surface area contributed by atoms with Crippen molar-refractivity contribution in [3.63, 3.8) is 0 Å². The molecule has 6 heteroatoms. The summed E-state index contributed by atoms with van der Waals surface area (Å²) in [5, 5.41) is 0.573. The van der Waals surface area contributed by atoms with Gasteiger partial charge in [-0.25, -0.2) is 4.79 Å². The first-order chi connectivity index (χ1) is 18.5. The maximum atomic E-state index is 13.5. The van der Waals surface area contributed by atoms with Gasteiger partial charge >= 0.3 is 5.97 Å². The lowest BCUT2D eigenvalue weighted by molar-refractivity contribution is 0.0736. The van der Waals surface area contributed by atoms with E-state index in [9.17, 15) is 9.59 Å². The van der Waals surface area contributed by atoms with Gasteiger partial charge in [0.15, 0.2) is 5.76 Å². The third kappa shape index (κ3) is 4.22. The van der Waals surface area contributed by atoms with Gasteiger partial charge in [-0.15, -0.1) is 0 Å². The number of rotatable bonds is 5. The molecule has 0 saturated heterocycles. The van der Waals surface area contributed by atoms with Gasteiger partial charge in [-0.3, -0.25) is 4.79 Å². The molecule has 0 spiro atoms. The molecular formula is C32H22O6. The molecule has 0 unspecified atom stereocenters. The van der Waals surface area contributed by atoms with Crippen LogP contribution in [0, 0.1) is 6.92 Å². The Balaban J connectivity index is 1.33. The highest BCUT2D eigenvalue weighted by Gasteiger charge is 2.29. The number of methoxy groups -OCH3 is 1. The van der Waals surface area contributed by atoms with Gasteiger partial charge in [-0.1, -0.05) is 60.2 Å². The standard InChI is InChI=1S/C32H22O6/c1-19-8-10-20(11-9-19)16-28-30(33)24-14-12-23(18-27(24)37-28)36-32(34)29-25-17-22(35-2)13-15-26(25)38-31(29)21-6-4-3-5-7-21/h3-18H,1-2H3/b28-16-. The number of carbonyl (C=O) groups excluding carboxylic acids is 2. The number of Topliss-reactive ketones (excluding diaryl/α,β-unsaturated/α-hetero) is 1. The molecule has 1 aromatic heterocycles. The largest absolute Gasteiger partial charge is 0.497 e. The van der Waals surface area contributed by atoms with Gasteiger partial charge in [0, 0.05) is 17.0 Å². The fourth-order valence-corrected chi connectivity index (χ4v) is 4.40. The van der Waals surface area contributed by atoms with E-state index in [1.165, 1.54) is 0 Å². The SMILES string of the molecule is COc1ccc2oc(-c3ccccc3)c(C(=O)Oc3ccc4c(c3)O/C(=C\c3ccc(C)cc3)C4=O)c2c1. The highest BCUT2D eigenvalue weighted by molar-refractivity contribution is 6.15. The van der Waals surface area contributed by atoms with Crippen LogP contribution >= 0.6 is 0 Å². The molecule has 0 saturated carbocycles. The third-order valence-corrected chi connectivity index (χ3v) is 6.36. The smallest absolute Gasteiger partial charge is 0.348 e. The Morgan fingerprint density at radius 2 is 1.63 bits per heavy atom. The highest BCUT2D eigenvalue weighted by atomic mass is 16.5. The molecule has 0 bridgehead atoms. The van der Waals surface area contributed by atoms with Crippen molar-refractivity contribution in [2.45, 2.75) is 6.92 Å². The summed E-state index contributed by atoms with van der Waals surface area (Å²) < 4.78 is 23.1. The molecule has 0 N–H and O–H groups in total. The van der Waals surface area contributed by atoms with Gasteiger partial charge in [0.25, 0.3) is 0 Å². The van der Waals surface area contributed by atoms with Crippen LogP contribution in [0.2, 0.25) is 0 Å². The average molecular weight is 503 g/mol. The summed E-state index contributed by atoms with van der Waals surface area (Å²) in [6.45, 7) is 2.00. The molecule has 6 rings (SSSR count). The van der Waals surface area contributed by atoms with Gasteiger partial charge in [-0.2, -0.15) is 0 Å². The van der Waals surface area contributed by atoms with Crippen LogP contribution < -0.4 is 14.2 Å². The van der Waals surface area contributed by atoms with Crippen LogP contribution in [0.15, 0.2) is 101 Å². The normalized spacial score (nSPS) is 13.4. The minimum absolute atomic E-state index is 0.214. The molecular weight excluding hydrogens is 480 g/mol. The number of furan rings is 1. The number of esters is 1. The number of aryl methyl sites for hydroxylation is 1. The lowest BCUT2D eigenvalue weighted by Gasteiger charge is -2.07. The van der Waals surface area contributed by atoms with Crippen molar-refractivity contribution in [1.29, 1.82) is 0 Å². The molecule has 5 aromatic rings. The number of ketones is 1. The van der Waals surface area contributed by atoms with Gasteiger partial charge < -0.3 is 18.6 Å². The van der Waals surface area contributed by atoms with E-state index in [4.69, 9.17) is 18.6 Å². The number of benzene rings is 4. The molecule has 0 atom stereocenters. The van der Waals surface area contributed by atoms with Gasteiger partial charge in [0.1, 0.15) is 34.2 Å². The van der Waals surface area contributed by atoms with Gasteiger partial charge in [0.05, 0.1) is 12.7 Å². The van der Waals surface area contributed by atoms with E-state index in [0.29, 0.717) is 33.8 Å². The Morgan fingerprint density at radius 3 is 2.39 bits per heavy atom. The number of hydrogen-bond acceptors (Lipinski definition) is 6. The van der Waals surface area contributed by atoms with Crippen molar-refractivity contribution in [3.8, 4) is 28.6 Å². The van der Waals surface area contributed by atoms with Crippen LogP contribution in [0.25, 0.3) is 28.4 Å². The molecule has 1 aliphatic heterocycles. The summed E-state index contributed by atoms with van der Waals surface area (Å²) in [4.78, 5) is 26.4. The van der Waals surface area contributed by atoms with Gasteiger partial charge in [0.2, 0.25) is 5.78 Å². The molecule has 2 heterocycles.